The molecule has 0 aromatic heterocycles. The van der Waals surface area contributed by atoms with Gasteiger partial charge in [0, 0.05) is 31.2 Å². The zero-order valence-electron chi connectivity index (χ0n) is 13.1. The van der Waals surface area contributed by atoms with Gasteiger partial charge in [0.2, 0.25) is 5.91 Å². The number of carbonyl (C=O) groups is 1. The molecule has 120 valence electrons. The van der Waals surface area contributed by atoms with E-state index in [0.717, 1.165) is 31.6 Å². The SMILES string of the molecule is O=C(CC1CCCC1)N1CCC[C@@H](Nc2cccc(F)c2)C1. The molecule has 1 aromatic carbocycles. The summed E-state index contributed by atoms with van der Waals surface area (Å²) in [5, 5.41) is 3.37. The predicted molar refractivity (Wildman–Crippen MR) is 86.2 cm³/mol. The third-order valence-electron chi connectivity index (χ3n) is 4.91. The van der Waals surface area contributed by atoms with Crippen molar-refractivity contribution in [2.75, 3.05) is 18.4 Å². The fourth-order valence-electron chi connectivity index (χ4n) is 3.73. The summed E-state index contributed by atoms with van der Waals surface area (Å²) in [7, 11) is 0. The number of hydrogen-bond donors (Lipinski definition) is 1. The molecule has 4 heteroatoms. The molecule has 1 aromatic rings. The molecule has 0 bridgehead atoms. The average Bonchev–Trinajstić information content (AvgIpc) is 3.00. The van der Waals surface area contributed by atoms with Crippen LogP contribution in [0.25, 0.3) is 0 Å². The molecule has 0 spiro atoms. The zero-order chi connectivity index (χ0) is 15.4. The van der Waals surface area contributed by atoms with Crippen molar-refractivity contribution in [2.45, 2.75) is 51.0 Å². The molecule has 1 heterocycles. The molecular weight excluding hydrogens is 279 g/mol. The second-order valence-corrected chi connectivity index (χ2v) is 6.69. The molecule has 22 heavy (non-hydrogen) atoms. The van der Waals surface area contributed by atoms with Crippen molar-refractivity contribution >= 4 is 11.6 Å². The van der Waals surface area contributed by atoms with Crippen LogP contribution in [0, 0.1) is 11.7 Å². The van der Waals surface area contributed by atoms with E-state index in [1.807, 2.05) is 11.0 Å². The summed E-state index contributed by atoms with van der Waals surface area (Å²) in [5.41, 5.74) is 0.801. The number of nitrogens with zero attached hydrogens (tertiary/aromatic N) is 1. The van der Waals surface area contributed by atoms with Crippen LogP contribution in [0.15, 0.2) is 24.3 Å². The molecule has 2 fully saturated rings. The fraction of sp³-hybridized carbons (Fsp3) is 0.611. The van der Waals surface area contributed by atoms with Crippen LogP contribution in [-0.4, -0.2) is 29.9 Å². The molecular formula is C18H25FN2O. The van der Waals surface area contributed by atoms with Crippen molar-refractivity contribution in [3.63, 3.8) is 0 Å². The molecule has 1 N–H and O–H groups in total. The quantitative estimate of drug-likeness (QED) is 0.917. The number of hydrogen-bond acceptors (Lipinski definition) is 2. The maximum atomic E-state index is 13.2. The van der Waals surface area contributed by atoms with Crippen LogP contribution < -0.4 is 5.32 Å². The van der Waals surface area contributed by atoms with E-state index in [1.54, 1.807) is 6.07 Å². The summed E-state index contributed by atoms with van der Waals surface area (Å²) < 4.78 is 13.2. The van der Waals surface area contributed by atoms with Gasteiger partial charge in [0.1, 0.15) is 5.82 Å². The summed E-state index contributed by atoms with van der Waals surface area (Å²) in [4.78, 5) is 14.4. The molecule has 1 saturated heterocycles. The Kier molecular flexibility index (Phi) is 4.96. The highest BCUT2D eigenvalue weighted by Gasteiger charge is 2.26. The maximum Gasteiger partial charge on any atom is 0.222 e. The summed E-state index contributed by atoms with van der Waals surface area (Å²) in [5.74, 6) is 0.677. The van der Waals surface area contributed by atoms with Crippen molar-refractivity contribution < 1.29 is 9.18 Å². The van der Waals surface area contributed by atoms with Crippen LogP contribution in [-0.2, 0) is 4.79 Å². The molecule has 1 saturated carbocycles. The normalized spacial score (nSPS) is 22.8. The van der Waals surface area contributed by atoms with Crippen LogP contribution in [0.3, 0.4) is 0 Å². The number of benzene rings is 1. The topological polar surface area (TPSA) is 32.3 Å². The Bertz CT molecular complexity index is 514. The number of likely N-dealkylation sites (tertiary alicyclic amines) is 1. The Labute approximate surface area is 131 Å². The van der Waals surface area contributed by atoms with Gasteiger partial charge in [-0.05, 0) is 49.8 Å². The van der Waals surface area contributed by atoms with E-state index in [2.05, 4.69) is 5.32 Å². The second kappa shape index (κ2) is 7.12. The standard InChI is InChI=1S/C18H25FN2O/c19-15-7-3-8-16(12-15)20-17-9-4-10-21(13-17)18(22)11-14-5-1-2-6-14/h3,7-8,12,14,17,20H,1-2,4-6,9-11,13H2/t17-/m1/s1. The molecule has 2 aliphatic rings. The van der Waals surface area contributed by atoms with E-state index < -0.39 is 0 Å². The minimum atomic E-state index is -0.227. The van der Waals surface area contributed by atoms with Crippen molar-refractivity contribution in [1.82, 2.24) is 4.90 Å². The van der Waals surface area contributed by atoms with E-state index >= 15 is 0 Å². The van der Waals surface area contributed by atoms with Crippen LogP contribution in [0.4, 0.5) is 10.1 Å². The Balaban J connectivity index is 1.53. The van der Waals surface area contributed by atoms with Crippen molar-refractivity contribution in [1.29, 1.82) is 0 Å². The number of amides is 1. The van der Waals surface area contributed by atoms with Crippen LogP contribution >= 0.6 is 0 Å². The summed E-state index contributed by atoms with van der Waals surface area (Å²) in [6, 6.07) is 6.78. The third kappa shape index (κ3) is 3.99. The maximum absolute atomic E-state index is 13.2. The van der Waals surface area contributed by atoms with Gasteiger partial charge in [0.05, 0.1) is 0 Å². The minimum absolute atomic E-state index is 0.225. The van der Waals surface area contributed by atoms with E-state index in [0.29, 0.717) is 18.2 Å². The highest BCUT2D eigenvalue weighted by molar-refractivity contribution is 5.76. The molecule has 1 aliphatic heterocycles. The molecule has 1 amide bonds. The number of anilines is 1. The average molecular weight is 304 g/mol. The number of carbonyl (C=O) groups excluding carboxylic acids is 1. The number of halogens is 1. The van der Waals surface area contributed by atoms with Crippen molar-refractivity contribution in [3.8, 4) is 0 Å². The molecule has 0 unspecified atom stereocenters. The third-order valence-corrected chi connectivity index (χ3v) is 4.91. The van der Waals surface area contributed by atoms with E-state index in [9.17, 15) is 9.18 Å². The molecule has 0 radical (unpaired) electrons. The van der Waals surface area contributed by atoms with E-state index in [4.69, 9.17) is 0 Å². The monoisotopic (exact) mass is 304 g/mol. The number of nitrogens with one attached hydrogen (secondary N) is 1. The fourth-order valence-corrected chi connectivity index (χ4v) is 3.73. The smallest absolute Gasteiger partial charge is 0.222 e. The Morgan fingerprint density at radius 1 is 1.23 bits per heavy atom. The van der Waals surface area contributed by atoms with Crippen LogP contribution in [0.1, 0.15) is 44.9 Å². The molecule has 1 aliphatic carbocycles. The number of piperidine rings is 1. The van der Waals surface area contributed by atoms with Gasteiger partial charge in [-0.15, -0.1) is 0 Å². The van der Waals surface area contributed by atoms with E-state index in [1.165, 1.54) is 37.8 Å². The first-order valence-electron chi connectivity index (χ1n) is 8.50. The van der Waals surface area contributed by atoms with Gasteiger partial charge in [-0.2, -0.15) is 0 Å². The Hall–Kier alpha value is -1.58. The minimum Gasteiger partial charge on any atom is -0.380 e. The highest BCUT2D eigenvalue weighted by atomic mass is 19.1. The second-order valence-electron chi connectivity index (χ2n) is 6.69. The highest BCUT2D eigenvalue weighted by Crippen LogP contribution is 2.28. The lowest BCUT2D eigenvalue weighted by atomic mass is 10.0. The number of rotatable bonds is 4. The van der Waals surface area contributed by atoms with E-state index in [-0.39, 0.29) is 11.9 Å². The predicted octanol–water partition coefficient (Wildman–Crippen LogP) is 3.81. The molecule has 3 nitrogen and oxygen atoms in total. The summed E-state index contributed by atoms with van der Waals surface area (Å²) in [6.45, 7) is 1.61. The van der Waals surface area contributed by atoms with Crippen molar-refractivity contribution in [2.24, 2.45) is 5.92 Å². The summed E-state index contributed by atoms with van der Waals surface area (Å²) >= 11 is 0. The van der Waals surface area contributed by atoms with Gasteiger partial charge in [0.15, 0.2) is 0 Å². The van der Waals surface area contributed by atoms with Gasteiger partial charge in [0.25, 0.3) is 0 Å². The van der Waals surface area contributed by atoms with Gasteiger partial charge >= 0.3 is 0 Å². The first kappa shape index (κ1) is 15.3. The van der Waals surface area contributed by atoms with Gasteiger partial charge in [-0.1, -0.05) is 18.9 Å². The Morgan fingerprint density at radius 3 is 2.82 bits per heavy atom. The lowest BCUT2D eigenvalue weighted by Gasteiger charge is -2.34. The van der Waals surface area contributed by atoms with Crippen molar-refractivity contribution in [3.05, 3.63) is 30.1 Å². The first-order valence-corrected chi connectivity index (χ1v) is 8.50. The van der Waals surface area contributed by atoms with Gasteiger partial charge < -0.3 is 10.2 Å². The first-order chi connectivity index (χ1) is 10.7. The summed E-state index contributed by atoms with van der Waals surface area (Å²) in [6.07, 6.45) is 7.75. The lowest BCUT2D eigenvalue weighted by molar-refractivity contribution is -0.133. The molecule has 3 rings (SSSR count). The van der Waals surface area contributed by atoms with Gasteiger partial charge in [-0.3, -0.25) is 4.79 Å². The largest absolute Gasteiger partial charge is 0.380 e. The lowest BCUT2D eigenvalue weighted by Crippen LogP contribution is -2.45. The van der Waals surface area contributed by atoms with Gasteiger partial charge in [-0.25, -0.2) is 4.39 Å². The zero-order valence-corrected chi connectivity index (χ0v) is 13.1. The Morgan fingerprint density at radius 2 is 2.05 bits per heavy atom. The molecule has 1 atom stereocenters. The van der Waals surface area contributed by atoms with Crippen LogP contribution in [0.2, 0.25) is 0 Å². The van der Waals surface area contributed by atoms with Crippen LogP contribution in [0.5, 0.6) is 0 Å².